The monoisotopic (exact) mass is 185 g/mol. The number of hydrogen-bond acceptors (Lipinski definition) is 1. The minimum Gasteiger partial charge on any atom is -0.376 e. The minimum absolute atomic E-state index is 0.908. The molecule has 0 N–H and O–H groups in total. The van der Waals surface area contributed by atoms with Crippen molar-refractivity contribution in [2.75, 3.05) is 6.61 Å². The SMILES string of the molecule is C[CH]OCCCCCCCCCC. The summed E-state index contributed by atoms with van der Waals surface area (Å²) in [6.07, 6.45) is 11.0. The standard InChI is InChI=1S/C12H25O/c1-3-5-6-7-8-9-10-11-12-13-4-2/h4H,3,5-12H2,1-2H3. The van der Waals surface area contributed by atoms with Gasteiger partial charge in [-0.1, -0.05) is 51.9 Å². The van der Waals surface area contributed by atoms with Crippen LogP contribution < -0.4 is 0 Å². The Morgan fingerprint density at radius 2 is 1.38 bits per heavy atom. The summed E-state index contributed by atoms with van der Waals surface area (Å²) < 4.78 is 5.15. The van der Waals surface area contributed by atoms with Crippen molar-refractivity contribution >= 4 is 0 Å². The van der Waals surface area contributed by atoms with Crippen molar-refractivity contribution in [3.8, 4) is 0 Å². The second-order valence-corrected chi connectivity index (χ2v) is 3.58. The van der Waals surface area contributed by atoms with E-state index >= 15 is 0 Å². The van der Waals surface area contributed by atoms with E-state index in [0.717, 1.165) is 6.61 Å². The molecule has 0 saturated carbocycles. The molecule has 79 valence electrons. The molecule has 0 saturated heterocycles. The van der Waals surface area contributed by atoms with E-state index in [1.165, 1.54) is 51.4 Å². The van der Waals surface area contributed by atoms with Crippen LogP contribution in [0.25, 0.3) is 0 Å². The summed E-state index contributed by atoms with van der Waals surface area (Å²) >= 11 is 0. The smallest absolute Gasteiger partial charge is 0.0805 e. The van der Waals surface area contributed by atoms with Gasteiger partial charge < -0.3 is 4.74 Å². The molecular formula is C12H25O. The van der Waals surface area contributed by atoms with Gasteiger partial charge in [0.2, 0.25) is 0 Å². The summed E-state index contributed by atoms with van der Waals surface area (Å²) in [5.41, 5.74) is 0. The molecule has 0 amide bonds. The summed E-state index contributed by atoms with van der Waals surface area (Å²) in [5, 5.41) is 0. The van der Waals surface area contributed by atoms with Crippen LogP contribution in [0.4, 0.5) is 0 Å². The third-order valence-electron chi connectivity index (χ3n) is 2.28. The van der Waals surface area contributed by atoms with E-state index in [2.05, 4.69) is 6.92 Å². The van der Waals surface area contributed by atoms with E-state index in [9.17, 15) is 0 Å². The van der Waals surface area contributed by atoms with Crippen molar-refractivity contribution in [2.24, 2.45) is 0 Å². The Morgan fingerprint density at radius 3 is 1.92 bits per heavy atom. The van der Waals surface area contributed by atoms with E-state index in [4.69, 9.17) is 4.74 Å². The molecule has 0 unspecified atom stereocenters. The fraction of sp³-hybridized carbons (Fsp3) is 0.917. The highest BCUT2D eigenvalue weighted by Gasteiger charge is 1.90. The molecule has 0 spiro atoms. The van der Waals surface area contributed by atoms with Crippen LogP contribution in [-0.4, -0.2) is 6.61 Å². The van der Waals surface area contributed by atoms with Crippen molar-refractivity contribution in [1.29, 1.82) is 0 Å². The number of rotatable bonds is 10. The molecule has 0 bridgehead atoms. The predicted octanol–water partition coefficient (Wildman–Crippen LogP) is 4.33. The van der Waals surface area contributed by atoms with E-state index in [0.29, 0.717) is 0 Å². The van der Waals surface area contributed by atoms with Crippen LogP contribution in [0.15, 0.2) is 0 Å². The molecule has 0 aliphatic heterocycles. The normalized spacial score (nSPS) is 10.6. The molecular weight excluding hydrogens is 160 g/mol. The summed E-state index contributed by atoms with van der Waals surface area (Å²) in [5.74, 6) is 0. The molecule has 0 fully saturated rings. The van der Waals surface area contributed by atoms with Gasteiger partial charge in [0.05, 0.1) is 6.61 Å². The Balaban J connectivity index is 2.76. The molecule has 0 aliphatic carbocycles. The second kappa shape index (κ2) is 12.0. The largest absolute Gasteiger partial charge is 0.376 e. The maximum absolute atomic E-state index is 5.15. The Morgan fingerprint density at radius 1 is 0.846 bits per heavy atom. The van der Waals surface area contributed by atoms with Crippen LogP contribution in [0.2, 0.25) is 0 Å². The van der Waals surface area contributed by atoms with Crippen LogP contribution in [0.5, 0.6) is 0 Å². The van der Waals surface area contributed by atoms with Gasteiger partial charge in [0.1, 0.15) is 0 Å². The van der Waals surface area contributed by atoms with Gasteiger partial charge in [-0.25, -0.2) is 0 Å². The minimum atomic E-state index is 0.908. The van der Waals surface area contributed by atoms with E-state index in [1.807, 2.05) is 6.92 Å². The molecule has 1 radical (unpaired) electrons. The number of hydrogen-bond donors (Lipinski definition) is 0. The molecule has 0 aromatic carbocycles. The van der Waals surface area contributed by atoms with Crippen molar-refractivity contribution in [3.63, 3.8) is 0 Å². The Bertz CT molecular complexity index is 71.2. The predicted molar refractivity (Wildman–Crippen MR) is 58.5 cm³/mol. The molecule has 0 heterocycles. The third kappa shape index (κ3) is 12.0. The van der Waals surface area contributed by atoms with Crippen LogP contribution in [0.1, 0.15) is 65.2 Å². The van der Waals surface area contributed by atoms with Crippen LogP contribution in [0.3, 0.4) is 0 Å². The topological polar surface area (TPSA) is 9.23 Å². The van der Waals surface area contributed by atoms with Gasteiger partial charge in [0.15, 0.2) is 0 Å². The molecule has 13 heavy (non-hydrogen) atoms. The summed E-state index contributed by atoms with van der Waals surface area (Å²) in [7, 11) is 0. The fourth-order valence-corrected chi connectivity index (χ4v) is 1.44. The van der Waals surface area contributed by atoms with Gasteiger partial charge in [0.25, 0.3) is 0 Å². The lowest BCUT2D eigenvalue weighted by molar-refractivity contribution is 0.197. The lowest BCUT2D eigenvalue weighted by Crippen LogP contribution is -1.89. The quantitative estimate of drug-likeness (QED) is 0.460. The van der Waals surface area contributed by atoms with Crippen LogP contribution in [-0.2, 0) is 4.74 Å². The van der Waals surface area contributed by atoms with E-state index < -0.39 is 0 Å². The van der Waals surface area contributed by atoms with Gasteiger partial charge >= 0.3 is 0 Å². The van der Waals surface area contributed by atoms with Crippen LogP contribution in [0, 0.1) is 6.61 Å². The van der Waals surface area contributed by atoms with Crippen molar-refractivity contribution in [1.82, 2.24) is 0 Å². The van der Waals surface area contributed by atoms with Crippen molar-refractivity contribution in [2.45, 2.75) is 65.2 Å². The van der Waals surface area contributed by atoms with Crippen molar-refractivity contribution < 1.29 is 4.74 Å². The van der Waals surface area contributed by atoms with Gasteiger partial charge in [-0.3, -0.25) is 0 Å². The maximum atomic E-state index is 5.15. The lowest BCUT2D eigenvalue weighted by Gasteiger charge is -2.01. The average Bonchev–Trinajstić information content (AvgIpc) is 2.16. The second-order valence-electron chi connectivity index (χ2n) is 3.58. The zero-order valence-electron chi connectivity index (χ0n) is 9.35. The maximum Gasteiger partial charge on any atom is 0.0805 e. The van der Waals surface area contributed by atoms with Crippen molar-refractivity contribution in [3.05, 3.63) is 6.61 Å². The number of unbranched alkanes of at least 4 members (excludes halogenated alkanes) is 7. The molecule has 0 aromatic heterocycles. The molecule has 0 atom stereocenters. The summed E-state index contributed by atoms with van der Waals surface area (Å²) in [6.45, 7) is 6.88. The van der Waals surface area contributed by atoms with Gasteiger partial charge in [-0.15, -0.1) is 0 Å². The molecule has 0 aromatic rings. The third-order valence-corrected chi connectivity index (χ3v) is 2.28. The first-order valence-corrected chi connectivity index (χ1v) is 5.81. The summed E-state index contributed by atoms with van der Waals surface area (Å²) in [4.78, 5) is 0. The lowest BCUT2D eigenvalue weighted by atomic mass is 10.1. The molecule has 1 nitrogen and oxygen atoms in total. The highest BCUT2D eigenvalue weighted by atomic mass is 16.5. The molecule has 0 aliphatic rings. The first kappa shape index (κ1) is 13.0. The molecule has 0 rings (SSSR count). The van der Waals surface area contributed by atoms with Gasteiger partial charge in [0, 0.05) is 6.61 Å². The first-order valence-electron chi connectivity index (χ1n) is 5.81. The Hall–Kier alpha value is -0.0400. The average molecular weight is 185 g/mol. The van der Waals surface area contributed by atoms with Crippen LogP contribution >= 0.6 is 0 Å². The van der Waals surface area contributed by atoms with Gasteiger partial charge in [-0.05, 0) is 13.3 Å². The number of ether oxygens (including phenoxy) is 1. The van der Waals surface area contributed by atoms with E-state index in [-0.39, 0.29) is 0 Å². The fourth-order valence-electron chi connectivity index (χ4n) is 1.44. The zero-order chi connectivity index (χ0) is 9.78. The first-order chi connectivity index (χ1) is 6.41. The highest BCUT2D eigenvalue weighted by Crippen LogP contribution is 2.08. The van der Waals surface area contributed by atoms with E-state index in [1.54, 1.807) is 6.61 Å². The Kier molecular flexibility index (Phi) is 11.9. The summed E-state index contributed by atoms with van der Waals surface area (Å²) in [6, 6.07) is 0. The molecule has 1 heteroatoms. The Labute approximate surface area is 83.9 Å². The zero-order valence-corrected chi connectivity index (χ0v) is 9.35. The highest BCUT2D eigenvalue weighted by molar-refractivity contribution is 4.46. The van der Waals surface area contributed by atoms with Gasteiger partial charge in [-0.2, -0.15) is 0 Å².